The molecular formula is C11H7N5O4. The second kappa shape index (κ2) is 4.53. The quantitative estimate of drug-likeness (QED) is 0.689. The van der Waals surface area contributed by atoms with Crippen molar-refractivity contribution in [3.63, 3.8) is 0 Å². The van der Waals surface area contributed by atoms with Gasteiger partial charge in [0.05, 0.1) is 11.1 Å². The van der Waals surface area contributed by atoms with Crippen LogP contribution in [0, 0.1) is 0 Å². The predicted octanol–water partition coefficient (Wildman–Crippen LogP) is -0.573. The number of fused-ring (bicyclic) bond motifs is 1. The Morgan fingerprint density at radius 3 is 2.35 bits per heavy atom. The van der Waals surface area contributed by atoms with Crippen molar-refractivity contribution >= 4 is 17.8 Å². The number of imide groups is 1. The number of carbonyl (C=O) groups is 3. The number of aromatic nitrogens is 4. The fourth-order valence-electron chi connectivity index (χ4n) is 1.77. The minimum Gasteiger partial charge on any atom is -0.328 e. The van der Waals surface area contributed by atoms with Gasteiger partial charge in [0.15, 0.2) is 0 Å². The molecule has 0 aliphatic carbocycles. The first-order valence-electron chi connectivity index (χ1n) is 5.56. The molecule has 0 N–H and O–H groups in total. The van der Waals surface area contributed by atoms with E-state index in [0.29, 0.717) is 5.06 Å². The second-order valence-corrected chi connectivity index (χ2v) is 3.92. The highest BCUT2D eigenvalue weighted by molar-refractivity contribution is 6.20. The van der Waals surface area contributed by atoms with Crippen LogP contribution in [-0.2, 0) is 16.2 Å². The van der Waals surface area contributed by atoms with Gasteiger partial charge in [-0.2, -0.15) is 0 Å². The maximum atomic E-state index is 11.9. The summed E-state index contributed by atoms with van der Waals surface area (Å²) in [5, 5.41) is 10.6. The average molecular weight is 273 g/mol. The first kappa shape index (κ1) is 12.0. The van der Waals surface area contributed by atoms with Crippen LogP contribution in [0.1, 0.15) is 20.7 Å². The van der Waals surface area contributed by atoms with Crippen LogP contribution in [0.5, 0.6) is 0 Å². The molecule has 0 spiro atoms. The zero-order valence-corrected chi connectivity index (χ0v) is 9.96. The van der Waals surface area contributed by atoms with Crippen LogP contribution in [0.15, 0.2) is 30.6 Å². The van der Waals surface area contributed by atoms with Crippen molar-refractivity contribution in [2.24, 2.45) is 0 Å². The number of benzene rings is 1. The summed E-state index contributed by atoms with van der Waals surface area (Å²) < 4.78 is 1.11. The van der Waals surface area contributed by atoms with E-state index in [0.717, 1.165) is 4.68 Å². The summed E-state index contributed by atoms with van der Waals surface area (Å²) in [5.41, 5.74) is 0.403. The van der Waals surface area contributed by atoms with E-state index in [-0.39, 0.29) is 17.7 Å². The highest BCUT2D eigenvalue weighted by Crippen LogP contribution is 2.22. The van der Waals surface area contributed by atoms with Crippen molar-refractivity contribution < 1.29 is 19.2 Å². The molecule has 0 saturated carbocycles. The highest BCUT2D eigenvalue weighted by Gasteiger charge is 2.38. The SMILES string of the molecule is O=C(Cn1cnnn1)ON1C(=O)c2ccccc2C1=O. The molecule has 3 rings (SSSR count). The molecular weight excluding hydrogens is 266 g/mol. The van der Waals surface area contributed by atoms with Crippen LogP contribution < -0.4 is 0 Å². The van der Waals surface area contributed by atoms with Gasteiger partial charge in [-0.15, -0.1) is 5.10 Å². The number of hydrogen-bond donors (Lipinski definition) is 0. The summed E-state index contributed by atoms with van der Waals surface area (Å²) in [6, 6.07) is 6.22. The van der Waals surface area contributed by atoms with Gasteiger partial charge in [-0.1, -0.05) is 17.2 Å². The number of hydrogen-bond acceptors (Lipinski definition) is 7. The van der Waals surface area contributed by atoms with E-state index < -0.39 is 17.8 Å². The van der Waals surface area contributed by atoms with Gasteiger partial charge in [-0.25, -0.2) is 9.48 Å². The zero-order valence-electron chi connectivity index (χ0n) is 9.96. The van der Waals surface area contributed by atoms with Crippen molar-refractivity contribution in [3.05, 3.63) is 41.7 Å². The van der Waals surface area contributed by atoms with Crippen LogP contribution in [0.3, 0.4) is 0 Å². The standard InChI is InChI=1S/C11H7N5O4/c17-9(5-15-6-12-13-14-15)20-16-10(18)7-3-1-2-4-8(7)11(16)19/h1-4,6H,5H2. The van der Waals surface area contributed by atoms with E-state index >= 15 is 0 Å². The molecule has 2 amide bonds. The molecule has 9 nitrogen and oxygen atoms in total. The number of amides is 2. The molecule has 0 fully saturated rings. The largest absolute Gasteiger partial charge is 0.354 e. The smallest absolute Gasteiger partial charge is 0.328 e. The molecule has 1 aliphatic rings. The van der Waals surface area contributed by atoms with Crippen molar-refractivity contribution in [3.8, 4) is 0 Å². The van der Waals surface area contributed by atoms with Gasteiger partial charge in [-0.3, -0.25) is 9.59 Å². The van der Waals surface area contributed by atoms with E-state index in [4.69, 9.17) is 4.84 Å². The molecule has 2 heterocycles. The number of tetrazole rings is 1. The molecule has 0 unspecified atom stereocenters. The monoisotopic (exact) mass is 273 g/mol. The molecule has 1 aromatic carbocycles. The summed E-state index contributed by atoms with van der Waals surface area (Å²) in [6.45, 7) is -0.305. The van der Waals surface area contributed by atoms with Crippen LogP contribution >= 0.6 is 0 Å². The lowest BCUT2D eigenvalue weighted by atomic mass is 10.1. The van der Waals surface area contributed by atoms with Gasteiger partial charge >= 0.3 is 5.97 Å². The molecule has 1 aliphatic heterocycles. The fraction of sp³-hybridized carbons (Fsp3) is 0.0909. The third kappa shape index (κ3) is 1.90. The van der Waals surface area contributed by atoms with Crippen LogP contribution in [0.2, 0.25) is 0 Å². The van der Waals surface area contributed by atoms with E-state index in [1.54, 1.807) is 12.1 Å². The van der Waals surface area contributed by atoms with Crippen molar-refractivity contribution in [1.29, 1.82) is 0 Å². The number of hydroxylamine groups is 2. The minimum atomic E-state index is -0.827. The Labute approximate surface area is 111 Å². The van der Waals surface area contributed by atoms with Gasteiger partial charge in [0, 0.05) is 0 Å². The minimum absolute atomic E-state index is 0.202. The third-order valence-corrected chi connectivity index (χ3v) is 2.63. The Hall–Kier alpha value is -3.10. The van der Waals surface area contributed by atoms with Gasteiger partial charge in [-0.05, 0) is 22.6 Å². The molecule has 0 atom stereocenters. The van der Waals surface area contributed by atoms with E-state index in [1.807, 2.05) is 0 Å². The summed E-state index contributed by atoms with van der Waals surface area (Å²) in [4.78, 5) is 40.2. The molecule has 1 aromatic heterocycles. The van der Waals surface area contributed by atoms with Gasteiger partial charge in [0.1, 0.15) is 12.9 Å². The number of nitrogens with zero attached hydrogens (tertiary/aromatic N) is 5. The second-order valence-electron chi connectivity index (χ2n) is 3.92. The maximum absolute atomic E-state index is 11.9. The first-order valence-corrected chi connectivity index (χ1v) is 5.56. The average Bonchev–Trinajstić information content (AvgIpc) is 3.03. The maximum Gasteiger partial charge on any atom is 0.354 e. The molecule has 0 radical (unpaired) electrons. The molecule has 2 aromatic rings. The van der Waals surface area contributed by atoms with Crippen molar-refractivity contribution in [2.45, 2.75) is 6.54 Å². The van der Waals surface area contributed by atoms with E-state index in [1.165, 1.54) is 18.5 Å². The van der Waals surface area contributed by atoms with Crippen LogP contribution in [0.4, 0.5) is 0 Å². The number of rotatable bonds is 3. The number of carbonyl (C=O) groups excluding carboxylic acids is 3. The zero-order chi connectivity index (χ0) is 14.1. The Morgan fingerprint density at radius 2 is 1.80 bits per heavy atom. The lowest BCUT2D eigenvalue weighted by Gasteiger charge is -2.12. The van der Waals surface area contributed by atoms with Crippen molar-refractivity contribution in [2.75, 3.05) is 0 Å². The summed E-state index contributed by atoms with van der Waals surface area (Å²) >= 11 is 0. The van der Waals surface area contributed by atoms with Crippen LogP contribution in [0.25, 0.3) is 0 Å². The Kier molecular flexibility index (Phi) is 2.71. The van der Waals surface area contributed by atoms with Crippen LogP contribution in [-0.4, -0.2) is 43.1 Å². The van der Waals surface area contributed by atoms with E-state index in [9.17, 15) is 14.4 Å². The normalized spacial score (nSPS) is 13.5. The third-order valence-electron chi connectivity index (χ3n) is 2.63. The van der Waals surface area contributed by atoms with Crippen molar-refractivity contribution in [1.82, 2.24) is 25.3 Å². The van der Waals surface area contributed by atoms with Gasteiger partial charge in [0.25, 0.3) is 11.8 Å². The molecule has 0 saturated heterocycles. The molecule has 0 bridgehead atoms. The lowest BCUT2D eigenvalue weighted by molar-refractivity contribution is -0.169. The molecule has 20 heavy (non-hydrogen) atoms. The Bertz CT molecular complexity index is 662. The highest BCUT2D eigenvalue weighted by atomic mass is 16.7. The predicted molar refractivity (Wildman–Crippen MR) is 60.9 cm³/mol. The lowest BCUT2D eigenvalue weighted by Crippen LogP contribution is -2.34. The first-order chi connectivity index (χ1) is 9.66. The Morgan fingerprint density at radius 1 is 1.15 bits per heavy atom. The van der Waals surface area contributed by atoms with E-state index in [2.05, 4.69) is 15.5 Å². The van der Waals surface area contributed by atoms with Gasteiger partial charge < -0.3 is 4.84 Å². The summed E-state index contributed by atoms with van der Waals surface area (Å²) in [6.07, 6.45) is 1.21. The molecule has 9 heteroatoms. The van der Waals surface area contributed by atoms with Gasteiger partial charge in [0.2, 0.25) is 0 Å². The topological polar surface area (TPSA) is 107 Å². The fourth-order valence-corrected chi connectivity index (χ4v) is 1.77. The summed E-state index contributed by atoms with van der Waals surface area (Å²) in [7, 11) is 0. The summed E-state index contributed by atoms with van der Waals surface area (Å²) in [5.74, 6) is -2.17. The molecule has 100 valence electrons. The Balaban J connectivity index is 1.75.